The summed E-state index contributed by atoms with van der Waals surface area (Å²) < 4.78 is 23.5. The maximum Gasteiger partial charge on any atom is 0.150 e. The zero-order valence-corrected chi connectivity index (χ0v) is 13.5. The highest BCUT2D eigenvalue weighted by Gasteiger charge is 2.23. The van der Waals surface area contributed by atoms with Crippen LogP contribution in [-0.4, -0.2) is 35.9 Å². The molecule has 0 unspecified atom stereocenters. The third-order valence-electron chi connectivity index (χ3n) is 3.14. The molecular formula is C12H18BrN3O2S. The van der Waals surface area contributed by atoms with Crippen LogP contribution >= 0.6 is 15.9 Å². The fraction of sp³-hybridized carbons (Fsp3) is 0.667. The molecule has 0 radical (unpaired) electrons. The lowest BCUT2D eigenvalue weighted by Gasteiger charge is -2.23. The second-order valence-corrected chi connectivity index (χ2v) is 8.28. The number of hydrogen-bond donors (Lipinski definition) is 1. The van der Waals surface area contributed by atoms with Crippen molar-refractivity contribution in [3.63, 3.8) is 0 Å². The molecule has 1 fully saturated rings. The van der Waals surface area contributed by atoms with Crippen molar-refractivity contribution in [2.75, 3.05) is 16.8 Å². The summed E-state index contributed by atoms with van der Waals surface area (Å²) in [6, 6.07) is 2.00. The van der Waals surface area contributed by atoms with Gasteiger partial charge in [0.1, 0.15) is 26.1 Å². The first-order valence-electron chi connectivity index (χ1n) is 6.37. The SMILES string of the molecule is CC(C)c1nc(Br)cc(NC2CCS(=O)(=O)CC2)n1. The molecule has 1 aromatic rings. The summed E-state index contributed by atoms with van der Waals surface area (Å²) in [7, 11) is -2.82. The lowest BCUT2D eigenvalue weighted by atomic mass is 10.1. The molecule has 7 heteroatoms. The van der Waals surface area contributed by atoms with Crippen LogP contribution in [0.25, 0.3) is 0 Å². The summed E-state index contributed by atoms with van der Waals surface area (Å²) in [4.78, 5) is 8.78. The first kappa shape index (κ1) is 14.7. The summed E-state index contributed by atoms with van der Waals surface area (Å²) >= 11 is 3.38. The zero-order chi connectivity index (χ0) is 14.0. The monoisotopic (exact) mass is 347 g/mol. The molecule has 1 saturated heterocycles. The standard InChI is InChI=1S/C12H18BrN3O2S/c1-8(2)12-15-10(13)7-11(16-12)14-9-3-5-19(17,18)6-4-9/h7-9H,3-6H2,1-2H3,(H,14,15,16). The largest absolute Gasteiger partial charge is 0.367 e. The average Bonchev–Trinajstić information content (AvgIpc) is 2.31. The van der Waals surface area contributed by atoms with Crippen molar-refractivity contribution in [1.29, 1.82) is 0 Å². The summed E-state index contributed by atoms with van der Waals surface area (Å²) in [6.07, 6.45) is 1.28. The van der Waals surface area contributed by atoms with Gasteiger partial charge in [0.2, 0.25) is 0 Å². The van der Waals surface area contributed by atoms with Crippen LogP contribution in [-0.2, 0) is 9.84 Å². The second-order valence-electron chi connectivity index (χ2n) is 5.16. The third-order valence-corrected chi connectivity index (χ3v) is 5.26. The molecule has 5 nitrogen and oxygen atoms in total. The fourth-order valence-corrected chi connectivity index (χ4v) is 3.90. The van der Waals surface area contributed by atoms with Crippen molar-refractivity contribution < 1.29 is 8.42 Å². The van der Waals surface area contributed by atoms with Gasteiger partial charge in [0, 0.05) is 18.0 Å². The van der Waals surface area contributed by atoms with Crippen LogP contribution in [0.1, 0.15) is 38.4 Å². The number of anilines is 1. The molecule has 0 saturated carbocycles. The molecule has 1 aliphatic heterocycles. The van der Waals surface area contributed by atoms with Gasteiger partial charge < -0.3 is 5.32 Å². The predicted octanol–water partition coefficient (Wildman–Crippen LogP) is 2.35. The summed E-state index contributed by atoms with van der Waals surface area (Å²) in [5.41, 5.74) is 0. The Labute approximate surface area is 122 Å². The van der Waals surface area contributed by atoms with Crippen molar-refractivity contribution in [3.05, 3.63) is 16.5 Å². The Morgan fingerprint density at radius 2 is 1.95 bits per heavy atom. The van der Waals surface area contributed by atoms with Crippen LogP contribution in [0.5, 0.6) is 0 Å². The van der Waals surface area contributed by atoms with Crippen molar-refractivity contribution in [1.82, 2.24) is 9.97 Å². The summed E-state index contributed by atoms with van der Waals surface area (Å²) in [5.74, 6) is 2.31. The highest BCUT2D eigenvalue weighted by atomic mass is 79.9. The number of sulfone groups is 1. The fourth-order valence-electron chi connectivity index (χ4n) is 2.01. The van der Waals surface area contributed by atoms with Gasteiger partial charge in [-0.1, -0.05) is 13.8 Å². The van der Waals surface area contributed by atoms with E-state index < -0.39 is 9.84 Å². The van der Waals surface area contributed by atoms with E-state index in [9.17, 15) is 8.42 Å². The number of hydrogen-bond acceptors (Lipinski definition) is 5. The van der Waals surface area contributed by atoms with Gasteiger partial charge in [0.05, 0.1) is 11.5 Å². The minimum Gasteiger partial charge on any atom is -0.367 e. The van der Waals surface area contributed by atoms with Gasteiger partial charge in [-0.3, -0.25) is 0 Å². The molecule has 0 aromatic carbocycles. The van der Waals surface area contributed by atoms with E-state index in [0.717, 1.165) is 16.2 Å². The zero-order valence-electron chi connectivity index (χ0n) is 11.1. The highest BCUT2D eigenvalue weighted by molar-refractivity contribution is 9.10. The molecule has 0 amide bonds. The van der Waals surface area contributed by atoms with Gasteiger partial charge in [0.15, 0.2) is 0 Å². The lowest BCUT2D eigenvalue weighted by molar-refractivity contribution is 0.558. The third kappa shape index (κ3) is 4.14. The summed E-state index contributed by atoms with van der Waals surface area (Å²) in [6.45, 7) is 4.08. The molecule has 0 aliphatic carbocycles. The van der Waals surface area contributed by atoms with Gasteiger partial charge in [-0.25, -0.2) is 18.4 Å². The van der Waals surface area contributed by atoms with Crippen LogP contribution in [0, 0.1) is 0 Å². The van der Waals surface area contributed by atoms with Gasteiger partial charge in [-0.05, 0) is 28.8 Å². The lowest BCUT2D eigenvalue weighted by Crippen LogP contribution is -2.32. The number of halogens is 1. The topological polar surface area (TPSA) is 72.0 Å². The highest BCUT2D eigenvalue weighted by Crippen LogP contribution is 2.21. The molecule has 19 heavy (non-hydrogen) atoms. The van der Waals surface area contributed by atoms with E-state index >= 15 is 0 Å². The minimum absolute atomic E-state index is 0.172. The van der Waals surface area contributed by atoms with Gasteiger partial charge in [0.25, 0.3) is 0 Å². The minimum atomic E-state index is -2.82. The molecule has 1 N–H and O–H groups in total. The van der Waals surface area contributed by atoms with E-state index in [1.165, 1.54) is 0 Å². The predicted molar refractivity (Wildman–Crippen MR) is 79.1 cm³/mol. The van der Waals surface area contributed by atoms with Crippen LogP contribution in [0.15, 0.2) is 10.7 Å². The van der Waals surface area contributed by atoms with Gasteiger partial charge in [-0.15, -0.1) is 0 Å². The normalized spacial score (nSPS) is 19.6. The molecule has 0 atom stereocenters. The number of nitrogens with zero attached hydrogens (tertiary/aromatic N) is 2. The van der Waals surface area contributed by atoms with Crippen molar-refractivity contribution in [3.8, 4) is 0 Å². The number of rotatable bonds is 3. The van der Waals surface area contributed by atoms with Crippen LogP contribution in [0.3, 0.4) is 0 Å². The van der Waals surface area contributed by atoms with E-state index in [1.807, 2.05) is 19.9 Å². The number of aromatic nitrogens is 2. The van der Waals surface area contributed by atoms with E-state index in [4.69, 9.17) is 0 Å². The molecule has 1 aromatic heterocycles. The Morgan fingerprint density at radius 3 is 2.53 bits per heavy atom. The first-order valence-corrected chi connectivity index (χ1v) is 8.98. The molecule has 106 valence electrons. The summed E-state index contributed by atoms with van der Waals surface area (Å²) in [5, 5.41) is 3.31. The van der Waals surface area contributed by atoms with Crippen molar-refractivity contribution in [2.45, 2.75) is 38.6 Å². The second kappa shape index (κ2) is 5.75. The van der Waals surface area contributed by atoms with Crippen molar-refractivity contribution >= 4 is 31.6 Å². The maximum absolute atomic E-state index is 11.4. The van der Waals surface area contributed by atoms with Gasteiger partial charge >= 0.3 is 0 Å². The Bertz CT molecular complexity index is 546. The molecule has 2 heterocycles. The Hall–Kier alpha value is -0.690. The van der Waals surface area contributed by atoms with Crippen LogP contribution in [0.2, 0.25) is 0 Å². The van der Waals surface area contributed by atoms with E-state index in [0.29, 0.717) is 12.8 Å². The first-order chi connectivity index (χ1) is 8.85. The molecule has 0 spiro atoms. The average molecular weight is 348 g/mol. The smallest absolute Gasteiger partial charge is 0.150 e. The Balaban J connectivity index is 2.07. The van der Waals surface area contributed by atoms with E-state index in [-0.39, 0.29) is 23.5 Å². The quantitative estimate of drug-likeness (QED) is 0.849. The Kier molecular flexibility index (Phi) is 4.45. The van der Waals surface area contributed by atoms with Crippen LogP contribution < -0.4 is 5.32 Å². The van der Waals surface area contributed by atoms with Gasteiger partial charge in [-0.2, -0.15) is 0 Å². The molecular weight excluding hydrogens is 330 g/mol. The number of nitrogens with one attached hydrogen (secondary N) is 1. The maximum atomic E-state index is 11.4. The molecule has 0 bridgehead atoms. The van der Waals surface area contributed by atoms with E-state index in [2.05, 4.69) is 31.2 Å². The molecule has 1 aliphatic rings. The Morgan fingerprint density at radius 1 is 1.32 bits per heavy atom. The van der Waals surface area contributed by atoms with Crippen molar-refractivity contribution in [2.24, 2.45) is 0 Å². The van der Waals surface area contributed by atoms with E-state index in [1.54, 1.807) is 0 Å². The molecule has 2 rings (SSSR count). The van der Waals surface area contributed by atoms with Crippen LogP contribution in [0.4, 0.5) is 5.82 Å².